The molecule has 0 saturated heterocycles. The highest BCUT2D eigenvalue weighted by atomic mass is 13.7. The fourth-order valence-electron chi connectivity index (χ4n) is 0.569. The van der Waals surface area contributed by atoms with Crippen molar-refractivity contribution in [1.82, 2.24) is 0 Å². The Kier molecular flexibility index (Phi) is 19.3. The van der Waals surface area contributed by atoms with Gasteiger partial charge in [-0.15, -0.1) is 0 Å². The van der Waals surface area contributed by atoms with E-state index in [4.69, 9.17) is 0 Å². The quantitative estimate of drug-likeness (QED) is 0.531. The van der Waals surface area contributed by atoms with Crippen molar-refractivity contribution in [3.05, 3.63) is 24.3 Å². The van der Waals surface area contributed by atoms with Crippen molar-refractivity contribution in [2.45, 2.75) is 47.0 Å². The van der Waals surface area contributed by atoms with Crippen LogP contribution in [0.1, 0.15) is 47.0 Å². The second kappa shape index (κ2) is 16.2. The summed E-state index contributed by atoms with van der Waals surface area (Å²) < 4.78 is 0. The van der Waals surface area contributed by atoms with E-state index in [2.05, 4.69) is 45.1 Å². The van der Waals surface area contributed by atoms with Gasteiger partial charge >= 0.3 is 0 Å². The van der Waals surface area contributed by atoms with Gasteiger partial charge in [0.05, 0.1) is 0 Å². The molecule has 0 N–H and O–H groups in total. The van der Waals surface area contributed by atoms with Crippen molar-refractivity contribution in [3.63, 3.8) is 0 Å². The first-order chi connectivity index (χ1) is 5.33. The second-order valence-corrected chi connectivity index (χ2v) is 2.33. The molecule has 0 saturated carbocycles. The Labute approximate surface area is 72.0 Å². The molecule has 0 aliphatic heterocycles. The Morgan fingerprint density at radius 2 is 1.45 bits per heavy atom. The molecule has 0 fully saturated rings. The summed E-state index contributed by atoms with van der Waals surface area (Å²) in [5.41, 5.74) is 0. The molecule has 0 nitrogen and oxygen atoms in total. The van der Waals surface area contributed by atoms with Crippen molar-refractivity contribution in [2.75, 3.05) is 0 Å². The molecular weight excluding hydrogens is 132 g/mol. The van der Waals surface area contributed by atoms with E-state index in [0.717, 1.165) is 6.42 Å². The van der Waals surface area contributed by atoms with Crippen LogP contribution in [0.25, 0.3) is 0 Å². The lowest BCUT2D eigenvalue weighted by molar-refractivity contribution is 0.957. The topological polar surface area (TPSA) is 0 Å². The van der Waals surface area contributed by atoms with Crippen LogP contribution in [0.5, 0.6) is 0 Å². The average Bonchev–Trinajstić information content (AvgIpc) is 2.04. The molecule has 0 unspecified atom stereocenters. The maximum Gasteiger partial charge on any atom is -0.0353 e. The van der Waals surface area contributed by atoms with Crippen LogP contribution >= 0.6 is 0 Å². The van der Waals surface area contributed by atoms with Gasteiger partial charge in [-0.25, -0.2) is 0 Å². The molecule has 0 aliphatic carbocycles. The van der Waals surface area contributed by atoms with Gasteiger partial charge in [0.2, 0.25) is 0 Å². The molecule has 0 aromatic rings. The lowest BCUT2D eigenvalue weighted by Crippen LogP contribution is -1.55. The molecule has 0 rings (SSSR count). The van der Waals surface area contributed by atoms with Gasteiger partial charge in [-0.2, -0.15) is 0 Å². The standard InChI is InChI=1S/C6H12.C5H10/c1-3-5-6-4-2;1-3-5-4-2/h3,5H,4,6H2,1-2H3;3,5H,4H2,1-2H3. The Bertz CT molecular complexity index is 88.2. The van der Waals surface area contributed by atoms with Gasteiger partial charge < -0.3 is 0 Å². The van der Waals surface area contributed by atoms with E-state index in [1.807, 2.05) is 6.92 Å². The molecule has 0 heterocycles. The molecule has 66 valence electrons. The SMILES string of the molecule is CC=CCC.CC=CCCC. The summed E-state index contributed by atoms with van der Waals surface area (Å²) in [7, 11) is 0. The van der Waals surface area contributed by atoms with Gasteiger partial charge in [0.25, 0.3) is 0 Å². The van der Waals surface area contributed by atoms with Crippen molar-refractivity contribution < 1.29 is 0 Å². The second-order valence-electron chi connectivity index (χ2n) is 2.33. The van der Waals surface area contributed by atoms with Gasteiger partial charge in [0.1, 0.15) is 0 Å². The third-order valence-corrected chi connectivity index (χ3v) is 1.16. The zero-order valence-electron chi connectivity index (χ0n) is 8.43. The van der Waals surface area contributed by atoms with Crippen LogP contribution in [0.2, 0.25) is 0 Å². The van der Waals surface area contributed by atoms with Crippen LogP contribution in [-0.4, -0.2) is 0 Å². The predicted molar refractivity (Wildman–Crippen MR) is 54.8 cm³/mol. The fourth-order valence-corrected chi connectivity index (χ4v) is 0.569. The summed E-state index contributed by atoms with van der Waals surface area (Å²) in [6.45, 7) is 8.39. The van der Waals surface area contributed by atoms with Crippen LogP contribution < -0.4 is 0 Å². The van der Waals surface area contributed by atoms with E-state index in [0.29, 0.717) is 0 Å². The van der Waals surface area contributed by atoms with E-state index in [1.165, 1.54) is 12.8 Å². The van der Waals surface area contributed by atoms with Gasteiger partial charge in [-0.3, -0.25) is 0 Å². The Morgan fingerprint density at radius 1 is 0.909 bits per heavy atom. The zero-order valence-corrected chi connectivity index (χ0v) is 8.43. The lowest BCUT2D eigenvalue weighted by Gasteiger charge is -1.76. The molecule has 0 amide bonds. The number of hydrogen-bond acceptors (Lipinski definition) is 0. The Hall–Kier alpha value is -0.520. The van der Waals surface area contributed by atoms with E-state index >= 15 is 0 Å². The maximum absolute atomic E-state index is 2.18. The summed E-state index contributed by atoms with van der Waals surface area (Å²) >= 11 is 0. The van der Waals surface area contributed by atoms with Gasteiger partial charge in [0, 0.05) is 0 Å². The molecule has 0 radical (unpaired) electrons. The van der Waals surface area contributed by atoms with Crippen molar-refractivity contribution in [3.8, 4) is 0 Å². The van der Waals surface area contributed by atoms with Crippen molar-refractivity contribution in [2.24, 2.45) is 0 Å². The summed E-state index contributed by atoms with van der Waals surface area (Å²) in [6.07, 6.45) is 12.1. The number of hydrogen-bond donors (Lipinski definition) is 0. The van der Waals surface area contributed by atoms with Crippen molar-refractivity contribution in [1.29, 1.82) is 0 Å². The minimum atomic E-state index is 1.16. The van der Waals surface area contributed by atoms with Gasteiger partial charge in [-0.1, -0.05) is 44.6 Å². The number of rotatable bonds is 3. The van der Waals surface area contributed by atoms with E-state index in [1.54, 1.807) is 0 Å². The first-order valence-electron chi connectivity index (χ1n) is 4.55. The first kappa shape index (κ1) is 13.1. The monoisotopic (exact) mass is 154 g/mol. The van der Waals surface area contributed by atoms with E-state index < -0.39 is 0 Å². The molecule has 0 spiro atoms. The highest BCUT2D eigenvalue weighted by Gasteiger charge is 1.64. The molecule has 0 aromatic carbocycles. The normalized spacial score (nSPS) is 10.2. The summed E-state index contributed by atoms with van der Waals surface area (Å²) in [6, 6.07) is 0. The largest absolute Gasteiger partial charge is 0.0917 e. The van der Waals surface area contributed by atoms with E-state index in [9.17, 15) is 0 Å². The summed E-state index contributed by atoms with van der Waals surface area (Å²) in [4.78, 5) is 0. The number of unbranched alkanes of at least 4 members (excludes halogenated alkanes) is 1. The van der Waals surface area contributed by atoms with Crippen molar-refractivity contribution >= 4 is 0 Å². The number of allylic oxidation sites excluding steroid dienone is 4. The van der Waals surface area contributed by atoms with E-state index in [-0.39, 0.29) is 0 Å². The molecule has 0 aliphatic rings. The minimum absolute atomic E-state index is 1.16. The first-order valence-corrected chi connectivity index (χ1v) is 4.55. The third-order valence-electron chi connectivity index (χ3n) is 1.16. The summed E-state index contributed by atoms with van der Waals surface area (Å²) in [5, 5.41) is 0. The van der Waals surface area contributed by atoms with Gasteiger partial charge in [-0.05, 0) is 26.7 Å². The predicted octanol–water partition coefficient (Wildman–Crippen LogP) is 4.34. The third kappa shape index (κ3) is 26.4. The van der Waals surface area contributed by atoms with Crippen LogP contribution in [0, 0.1) is 0 Å². The van der Waals surface area contributed by atoms with Crippen LogP contribution in [-0.2, 0) is 0 Å². The molecule has 0 bridgehead atoms. The molecule has 0 aromatic heterocycles. The Morgan fingerprint density at radius 3 is 1.55 bits per heavy atom. The molecule has 0 heteroatoms. The minimum Gasteiger partial charge on any atom is -0.0917 e. The smallest absolute Gasteiger partial charge is 0.0353 e. The Balaban J connectivity index is 0. The highest BCUT2D eigenvalue weighted by molar-refractivity contribution is 4.75. The maximum atomic E-state index is 2.18. The highest BCUT2D eigenvalue weighted by Crippen LogP contribution is 1.85. The fraction of sp³-hybridized carbons (Fsp3) is 0.636. The van der Waals surface area contributed by atoms with Crippen LogP contribution in [0.15, 0.2) is 24.3 Å². The summed E-state index contributed by atoms with van der Waals surface area (Å²) in [5.74, 6) is 0. The molecular formula is C11H22. The zero-order chi connectivity index (χ0) is 8.95. The molecule has 0 atom stereocenters. The van der Waals surface area contributed by atoms with Gasteiger partial charge in [0.15, 0.2) is 0 Å². The molecule has 11 heavy (non-hydrogen) atoms. The van der Waals surface area contributed by atoms with Crippen LogP contribution in [0.3, 0.4) is 0 Å². The lowest BCUT2D eigenvalue weighted by atomic mass is 10.3. The average molecular weight is 154 g/mol. The van der Waals surface area contributed by atoms with Crippen LogP contribution in [0.4, 0.5) is 0 Å².